The average Bonchev–Trinajstić information content (AvgIpc) is 3.81. The summed E-state index contributed by atoms with van der Waals surface area (Å²) in [6.45, 7) is 0.366. The van der Waals surface area contributed by atoms with Crippen LogP contribution in [0.3, 0.4) is 0 Å². The quantitative estimate of drug-likeness (QED) is 0.0561. The van der Waals surface area contributed by atoms with Crippen LogP contribution < -0.4 is 54.8 Å². The lowest BCUT2D eigenvalue weighted by Gasteiger charge is -2.30. The van der Waals surface area contributed by atoms with Gasteiger partial charge in [0.1, 0.15) is 48.0 Å². The summed E-state index contributed by atoms with van der Waals surface area (Å²) in [5, 5.41) is 35.0. The Morgan fingerprint density at radius 1 is 0.725 bits per heavy atom. The Morgan fingerprint density at radius 2 is 1.29 bits per heavy atom. The van der Waals surface area contributed by atoms with Crippen molar-refractivity contribution in [2.45, 2.75) is 113 Å². The number of amides is 9. The van der Waals surface area contributed by atoms with Gasteiger partial charge in [0, 0.05) is 37.3 Å². The van der Waals surface area contributed by atoms with E-state index in [1.165, 1.54) is 29.2 Å². The number of rotatable bonds is 17. The number of primary amides is 2. The van der Waals surface area contributed by atoms with E-state index in [1.807, 2.05) is 0 Å². The molecule has 8 atom stereocenters. The Balaban J connectivity index is 1.72. The summed E-state index contributed by atoms with van der Waals surface area (Å²) >= 11 is 0. The Labute approximate surface area is 405 Å². The molecular weight excluding hydrogens is 939 g/mol. The second-order valence-corrected chi connectivity index (χ2v) is 19.1. The molecule has 25 heteroatoms. The zero-order chi connectivity index (χ0) is 50.6. The van der Waals surface area contributed by atoms with Gasteiger partial charge in [0.2, 0.25) is 53.2 Å². The van der Waals surface area contributed by atoms with Crippen LogP contribution in [0.4, 0.5) is 0 Å². The predicted octanol–water partition coefficient (Wildman–Crippen LogP) is -2.85. The van der Waals surface area contributed by atoms with Crippen molar-refractivity contribution < 1.29 is 58.2 Å². The number of hydrogen-bond acceptors (Lipinski definition) is 15. The lowest BCUT2D eigenvalue weighted by Crippen LogP contribution is -2.61. The van der Waals surface area contributed by atoms with Crippen molar-refractivity contribution in [3.05, 3.63) is 65.7 Å². The Kier molecular flexibility index (Phi) is 22.0. The van der Waals surface area contributed by atoms with Crippen LogP contribution in [0.5, 0.6) is 5.75 Å². The highest BCUT2D eigenvalue weighted by molar-refractivity contribution is 8.76. The van der Waals surface area contributed by atoms with Gasteiger partial charge in [-0.15, -0.1) is 0 Å². The van der Waals surface area contributed by atoms with Crippen LogP contribution in [0, 0.1) is 0 Å². The molecule has 2 fully saturated rings. The molecule has 0 saturated carbocycles. The van der Waals surface area contributed by atoms with E-state index in [1.54, 1.807) is 30.3 Å². The van der Waals surface area contributed by atoms with Crippen LogP contribution in [-0.4, -0.2) is 147 Å². The molecule has 2 saturated heterocycles. The monoisotopic (exact) mass is 999 g/mol. The van der Waals surface area contributed by atoms with Crippen molar-refractivity contribution in [1.29, 1.82) is 0 Å². The van der Waals surface area contributed by atoms with Gasteiger partial charge in [0.25, 0.3) is 0 Å². The van der Waals surface area contributed by atoms with Crippen LogP contribution in [-0.2, 0) is 60.8 Å². The van der Waals surface area contributed by atoms with Gasteiger partial charge in [-0.25, -0.2) is 4.79 Å². The van der Waals surface area contributed by atoms with Crippen molar-refractivity contribution in [2.24, 2.45) is 22.9 Å². The second-order valence-electron chi connectivity index (χ2n) is 16.6. The number of nitrogens with two attached hydrogens (primary N) is 4. The summed E-state index contributed by atoms with van der Waals surface area (Å²) in [4.78, 5) is 136. The van der Waals surface area contributed by atoms with Gasteiger partial charge in [0.05, 0.1) is 12.5 Å². The highest BCUT2D eigenvalue weighted by atomic mass is 33.1. The van der Waals surface area contributed by atoms with Crippen molar-refractivity contribution in [3.8, 4) is 5.75 Å². The van der Waals surface area contributed by atoms with E-state index in [9.17, 15) is 58.2 Å². The molecule has 0 bridgehead atoms. The fraction of sp³-hybridized carbons (Fsp3) is 0.500. The molecule has 0 spiro atoms. The zero-order valence-electron chi connectivity index (χ0n) is 37.8. The number of carbonyl (C=O) groups is 10. The number of carbonyl (C=O) groups excluding carboxylic acids is 9. The fourth-order valence-electron chi connectivity index (χ4n) is 7.48. The molecule has 2 aliphatic heterocycles. The van der Waals surface area contributed by atoms with Crippen molar-refractivity contribution in [2.75, 3.05) is 24.6 Å². The Bertz CT molecular complexity index is 2160. The first-order chi connectivity index (χ1) is 32.9. The lowest BCUT2D eigenvalue weighted by atomic mass is 10.0. The highest BCUT2D eigenvalue weighted by Crippen LogP contribution is 2.26. The van der Waals surface area contributed by atoms with E-state index in [0.29, 0.717) is 36.9 Å². The standard InChI is InChI=1S/C44H61N11O12S2/c45-17-5-4-9-29(44(66)67)50-42(64)34-10-6-18-55(34)43(65)33-23-69-68-22-27(46)37(59)51-30(20-25-11-13-26(56)14-12-25)40(62)52-31(19-24-7-2-1-3-8-24)39(61)49-28(15-16-35(47)57)38(60)53-32(21-36(48)58)41(63)54-33/h1-3,7-8,11-14,27-34,56H,4-6,9-10,15-23,45-46H2,(H2,47,57)(H2,48,58)(H,49,61)(H,50,64)(H,51,59)(H,52,62)(H,53,60)(H,54,63)(H,66,67)/t27-,28-,29-,30-,31+,32-,33-,34?/m0/s1. The van der Waals surface area contributed by atoms with Crippen LogP contribution in [0.25, 0.3) is 0 Å². The molecule has 1 unspecified atom stereocenters. The van der Waals surface area contributed by atoms with Gasteiger partial charge < -0.3 is 69.9 Å². The largest absolute Gasteiger partial charge is 0.508 e. The van der Waals surface area contributed by atoms with Gasteiger partial charge in [0.15, 0.2) is 0 Å². The summed E-state index contributed by atoms with van der Waals surface area (Å²) in [7, 11) is 2.04. The number of unbranched alkanes of at least 4 members (excludes halogenated alkanes) is 1. The summed E-state index contributed by atoms with van der Waals surface area (Å²) in [6, 6.07) is 3.07. The number of likely N-dealkylation sites (tertiary alicyclic amines) is 1. The number of carboxylic acids is 1. The topological polar surface area (TPSA) is 391 Å². The van der Waals surface area contributed by atoms with Gasteiger partial charge >= 0.3 is 5.97 Å². The number of nitrogens with zero attached hydrogens (tertiary/aromatic N) is 1. The smallest absolute Gasteiger partial charge is 0.326 e. The third kappa shape index (κ3) is 17.9. The zero-order valence-corrected chi connectivity index (χ0v) is 39.4. The number of carboxylic acid groups (broad SMARTS) is 1. The van der Waals surface area contributed by atoms with Crippen molar-refractivity contribution in [3.63, 3.8) is 0 Å². The number of nitrogens with one attached hydrogen (secondary N) is 6. The first-order valence-electron chi connectivity index (χ1n) is 22.3. The van der Waals surface area contributed by atoms with E-state index >= 15 is 0 Å². The van der Waals surface area contributed by atoms with E-state index < -0.39 is 127 Å². The number of benzene rings is 2. The third-order valence-electron chi connectivity index (χ3n) is 11.2. The van der Waals surface area contributed by atoms with Gasteiger partial charge in [-0.2, -0.15) is 0 Å². The lowest BCUT2D eigenvalue weighted by molar-refractivity contribution is -0.145. The molecule has 4 rings (SSSR count). The molecule has 2 aliphatic rings. The minimum absolute atomic E-state index is 0.0455. The number of aliphatic carboxylic acids is 1. The summed E-state index contributed by atoms with van der Waals surface area (Å²) < 4.78 is 0. The van der Waals surface area contributed by atoms with Crippen LogP contribution in [0.15, 0.2) is 54.6 Å². The summed E-state index contributed by atoms with van der Waals surface area (Å²) in [5.41, 5.74) is 23.9. The van der Waals surface area contributed by atoms with Crippen LogP contribution in [0.2, 0.25) is 0 Å². The highest BCUT2D eigenvalue weighted by Gasteiger charge is 2.40. The molecule has 9 amide bonds. The first-order valence-corrected chi connectivity index (χ1v) is 24.8. The summed E-state index contributed by atoms with van der Waals surface area (Å²) in [5.74, 6) is -9.73. The van der Waals surface area contributed by atoms with Crippen LogP contribution >= 0.6 is 21.6 Å². The van der Waals surface area contributed by atoms with E-state index in [0.717, 1.165) is 21.6 Å². The average molecular weight is 1000 g/mol. The maximum Gasteiger partial charge on any atom is 0.326 e. The molecule has 23 nitrogen and oxygen atoms in total. The Morgan fingerprint density at radius 3 is 1.90 bits per heavy atom. The number of phenols is 1. The normalized spacial score (nSPS) is 23.8. The molecule has 0 radical (unpaired) electrons. The molecule has 2 aromatic rings. The maximum absolute atomic E-state index is 14.4. The predicted molar refractivity (Wildman–Crippen MR) is 254 cm³/mol. The van der Waals surface area contributed by atoms with Gasteiger partial charge in [-0.3, -0.25) is 43.2 Å². The fourth-order valence-corrected chi connectivity index (χ4v) is 9.76. The molecule has 2 aromatic carbocycles. The van der Waals surface area contributed by atoms with Gasteiger partial charge in [-0.1, -0.05) is 64.1 Å². The minimum atomic E-state index is -1.76. The van der Waals surface area contributed by atoms with Crippen LogP contribution in [0.1, 0.15) is 62.5 Å². The van der Waals surface area contributed by atoms with Crippen molar-refractivity contribution >= 4 is 80.7 Å². The molecule has 376 valence electrons. The molecule has 2 heterocycles. The summed E-state index contributed by atoms with van der Waals surface area (Å²) in [6.07, 6.45) is -0.377. The second kappa shape index (κ2) is 27.5. The molecule has 0 aliphatic carbocycles. The van der Waals surface area contributed by atoms with E-state index in [4.69, 9.17) is 22.9 Å². The Hall–Kier alpha value is -6.44. The van der Waals surface area contributed by atoms with Crippen molar-refractivity contribution in [1.82, 2.24) is 36.8 Å². The number of aromatic hydroxyl groups is 1. The molecule has 0 aromatic heterocycles. The SMILES string of the molecule is NCCCC[C@H](NC(=O)C1CCCN1C(=O)[C@@H]1CSSC[C@H](N)C(=O)N[C@@H](Cc2ccc(O)cc2)C(=O)N[C@H](Cc2ccccc2)C(=O)N[C@@H](CCC(N)=O)C(=O)N[C@@H](CC(N)=O)C(=O)N1)C(=O)O. The van der Waals surface area contributed by atoms with E-state index in [2.05, 4.69) is 31.9 Å². The third-order valence-corrected chi connectivity index (χ3v) is 13.6. The molecule has 16 N–H and O–H groups in total. The maximum atomic E-state index is 14.4. The first kappa shape index (κ1) is 55.2. The molecule has 69 heavy (non-hydrogen) atoms. The van der Waals surface area contributed by atoms with Gasteiger partial charge in [-0.05, 0) is 68.3 Å². The van der Waals surface area contributed by atoms with E-state index in [-0.39, 0.29) is 49.5 Å². The number of hydrogen-bond donors (Lipinski definition) is 12. The minimum Gasteiger partial charge on any atom is -0.508 e. The molecular formula is C44H61N11O12S2. The number of phenolic OH excluding ortho intramolecular Hbond substituents is 1.